The highest BCUT2D eigenvalue weighted by molar-refractivity contribution is 8.16. The summed E-state index contributed by atoms with van der Waals surface area (Å²) in [5.74, 6) is 0.676. The summed E-state index contributed by atoms with van der Waals surface area (Å²) in [6, 6.07) is 0. The van der Waals surface area contributed by atoms with Crippen LogP contribution in [0.1, 0.15) is 20.8 Å². The average molecular weight is 254 g/mol. The molecule has 0 N–H and O–H groups in total. The number of carbonyl (C=O) groups excluding carboxylic acids is 1. The molecule has 0 unspecified atom stereocenters. The van der Waals surface area contributed by atoms with Gasteiger partial charge in [0.05, 0.1) is 4.75 Å². The van der Waals surface area contributed by atoms with Crippen molar-refractivity contribution in [3.05, 3.63) is 35.6 Å². The normalized spacial score (nSPS) is 25.4. The van der Waals surface area contributed by atoms with E-state index in [2.05, 4.69) is 6.58 Å². The van der Waals surface area contributed by atoms with E-state index >= 15 is 0 Å². The monoisotopic (exact) mass is 254 g/mol. The van der Waals surface area contributed by atoms with Crippen LogP contribution in [0.3, 0.4) is 0 Å². The summed E-state index contributed by atoms with van der Waals surface area (Å²) >= 11 is 1.26. The lowest BCUT2D eigenvalue weighted by Gasteiger charge is -2.23. The van der Waals surface area contributed by atoms with E-state index in [1.54, 1.807) is 20.1 Å². The van der Waals surface area contributed by atoms with Gasteiger partial charge >= 0.3 is 0 Å². The molecular weight excluding hydrogens is 236 g/mol. The highest BCUT2D eigenvalue weighted by Gasteiger charge is 2.41. The highest BCUT2D eigenvalue weighted by atomic mass is 32.2. The van der Waals surface area contributed by atoms with Crippen LogP contribution in [0.4, 0.5) is 0 Å². The Morgan fingerprint density at radius 2 is 2.24 bits per heavy atom. The molecule has 3 nitrogen and oxygen atoms in total. The van der Waals surface area contributed by atoms with Crippen LogP contribution in [0.25, 0.3) is 0 Å². The minimum atomic E-state index is -0.460. The molecule has 0 aromatic rings. The van der Waals surface area contributed by atoms with Crippen molar-refractivity contribution >= 4 is 16.9 Å². The van der Waals surface area contributed by atoms with Gasteiger partial charge in [-0.15, -0.1) is 0 Å². The summed E-state index contributed by atoms with van der Waals surface area (Å²) in [4.78, 5) is 11.8. The molecule has 0 amide bonds. The van der Waals surface area contributed by atoms with E-state index in [4.69, 9.17) is 9.47 Å². The molecule has 4 heteroatoms. The Kier molecular flexibility index (Phi) is 4.60. The fourth-order valence-electron chi connectivity index (χ4n) is 1.74. The summed E-state index contributed by atoms with van der Waals surface area (Å²) in [5.41, 5.74) is 1.67. The van der Waals surface area contributed by atoms with Crippen molar-refractivity contribution in [3.63, 3.8) is 0 Å². The summed E-state index contributed by atoms with van der Waals surface area (Å²) in [6.45, 7) is 9.56. The number of allylic oxidation sites excluding steroid dienone is 2. The molecule has 0 aliphatic carbocycles. The van der Waals surface area contributed by atoms with E-state index in [0.29, 0.717) is 11.3 Å². The third-order valence-corrected chi connectivity index (χ3v) is 3.77. The zero-order chi connectivity index (χ0) is 13.1. The Bertz CT molecular complexity index is 395. The number of carbonyl (C=O) groups is 1. The predicted molar refractivity (Wildman–Crippen MR) is 70.6 cm³/mol. The maximum absolute atomic E-state index is 11.8. The molecule has 1 rings (SSSR count). The molecule has 17 heavy (non-hydrogen) atoms. The fraction of sp³-hybridized carbons (Fsp3) is 0.462. The Morgan fingerprint density at radius 1 is 1.59 bits per heavy atom. The zero-order valence-electron chi connectivity index (χ0n) is 10.7. The number of rotatable bonds is 5. The van der Waals surface area contributed by atoms with Crippen molar-refractivity contribution in [2.75, 3.05) is 13.9 Å². The maximum atomic E-state index is 11.8. The minimum absolute atomic E-state index is 0.0479. The molecule has 94 valence electrons. The SMILES string of the molecule is C=C/C(C)=C/[C@@]1(C)SC(=O)C(C)=C1OCOC. The van der Waals surface area contributed by atoms with Gasteiger partial charge in [-0.3, -0.25) is 4.79 Å². The van der Waals surface area contributed by atoms with E-state index in [0.717, 1.165) is 5.57 Å². The molecule has 1 heterocycles. The first kappa shape index (κ1) is 14.1. The van der Waals surface area contributed by atoms with Crippen LogP contribution < -0.4 is 0 Å². The summed E-state index contributed by atoms with van der Waals surface area (Å²) in [7, 11) is 1.56. The van der Waals surface area contributed by atoms with Crippen molar-refractivity contribution < 1.29 is 14.3 Å². The van der Waals surface area contributed by atoms with Crippen LogP contribution in [-0.2, 0) is 14.3 Å². The quantitative estimate of drug-likeness (QED) is 0.558. The smallest absolute Gasteiger partial charge is 0.219 e. The lowest BCUT2D eigenvalue weighted by molar-refractivity contribution is -0.107. The van der Waals surface area contributed by atoms with Gasteiger partial charge < -0.3 is 9.47 Å². The van der Waals surface area contributed by atoms with Gasteiger partial charge in [-0.25, -0.2) is 0 Å². The second-order valence-electron chi connectivity index (χ2n) is 4.09. The lowest BCUT2D eigenvalue weighted by Crippen LogP contribution is -2.20. The van der Waals surface area contributed by atoms with Crippen molar-refractivity contribution in [2.45, 2.75) is 25.5 Å². The Morgan fingerprint density at radius 3 is 2.76 bits per heavy atom. The molecule has 0 saturated carbocycles. The third-order valence-electron chi connectivity index (χ3n) is 2.55. The van der Waals surface area contributed by atoms with E-state index in [1.165, 1.54) is 11.8 Å². The van der Waals surface area contributed by atoms with Crippen molar-refractivity contribution in [1.29, 1.82) is 0 Å². The maximum Gasteiger partial charge on any atom is 0.219 e. The first-order valence-corrected chi connectivity index (χ1v) is 6.14. The average Bonchev–Trinajstić information content (AvgIpc) is 2.47. The predicted octanol–water partition coefficient (Wildman–Crippen LogP) is 3.05. The third kappa shape index (κ3) is 3.01. The topological polar surface area (TPSA) is 35.5 Å². The lowest BCUT2D eigenvalue weighted by atomic mass is 10.0. The largest absolute Gasteiger partial charge is 0.470 e. The van der Waals surface area contributed by atoms with Gasteiger partial charge in [-0.2, -0.15) is 0 Å². The molecule has 0 bridgehead atoms. The number of thioether (sulfide) groups is 1. The first-order valence-electron chi connectivity index (χ1n) is 5.33. The van der Waals surface area contributed by atoms with E-state index in [9.17, 15) is 4.79 Å². The molecule has 1 atom stereocenters. The Hall–Kier alpha value is -1.00. The van der Waals surface area contributed by atoms with Gasteiger partial charge in [0.2, 0.25) is 5.12 Å². The minimum Gasteiger partial charge on any atom is -0.470 e. The molecule has 0 aromatic heterocycles. The number of ether oxygens (including phenoxy) is 2. The standard InChI is InChI=1S/C13H18O3S/c1-6-9(2)7-13(4)11(16-8-15-5)10(3)12(14)17-13/h6-7H,1,8H2,2-5H3/b9-7+/t13-/m1/s1. The van der Waals surface area contributed by atoms with Crippen LogP contribution in [0.15, 0.2) is 35.6 Å². The summed E-state index contributed by atoms with van der Waals surface area (Å²) < 4.78 is 9.97. The van der Waals surface area contributed by atoms with Crippen LogP contribution in [-0.4, -0.2) is 23.8 Å². The number of hydrogen-bond donors (Lipinski definition) is 0. The molecule has 0 aromatic carbocycles. The van der Waals surface area contributed by atoms with E-state index in [1.807, 2.05) is 19.9 Å². The molecular formula is C13H18O3S. The molecule has 0 spiro atoms. The van der Waals surface area contributed by atoms with Crippen molar-refractivity contribution in [3.8, 4) is 0 Å². The first-order chi connectivity index (χ1) is 7.94. The molecule has 0 radical (unpaired) electrons. The van der Waals surface area contributed by atoms with E-state index < -0.39 is 4.75 Å². The Balaban J connectivity index is 3.07. The molecule has 1 aliphatic heterocycles. The van der Waals surface area contributed by atoms with Gasteiger partial charge in [-0.1, -0.05) is 36.1 Å². The van der Waals surface area contributed by atoms with Crippen LogP contribution in [0.2, 0.25) is 0 Å². The van der Waals surface area contributed by atoms with Gasteiger partial charge in [0.1, 0.15) is 5.76 Å². The summed E-state index contributed by atoms with van der Waals surface area (Å²) in [5, 5.41) is 0.0479. The van der Waals surface area contributed by atoms with Gasteiger partial charge in [0.15, 0.2) is 6.79 Å². The molecule has 0 fully saturated rings. The highest BCUT2D eigenvalue weighted by Crippen LogP contribution is 2.45. The van der Waals surface area contributed by atoms with Crippen molar-refractivity contribution in [2.24, 2.45) is 0 Å². The fourth-order valence-corrected chi connectivity index (χ4v) is 2.92. The van der Waals surface area contributed by atoms with Gasteiger partial charge in [0, 0.05) is 12.7 Å². The molecule has 0 saturated heterocycles. The van der Waals surface area contributed by atoms with Crippen molar-refractivity contribution in [1.82, 2.24) is 0 Å². The van der Waals surface area contributed by atoms with Crippen LogP contribution in [0.5, 0.6) is 0 Å². The second kappa shape index (κ2) is 5.56. The van der Waals surface area contributed by atoms with E-state index in [-0.39, 0.29) is 11.9 Å². The zero-order valence-corrected chi connectivity index (χ0v) is 11.5. The number of hydrogen-bond acceptors (Lipinski definition) is 4. The number of methoxy groups -OCH3 is 1. The van der Waals surface area contributed by atoms with Gasteiger partial charge in [0.25, 0.3) is 0 Å². The van der Waals surface area contributed by atoms with Crippen LogP contribution >= 0.6 is 11.8 Å². The van der Waals surface area contributed by atoms with Gasteiger partial charge in [-0.05, 0) is 20.8 Å². The summed E-state index contributed by atoms with van der Waals surface area (Å²) in [6.07, 6.45) is 3.75. The Labute approximate surface area is 107 Å². The molecule has 1 aliphatic rings. The second-order valence-corrected chi connectivity index (χ2v) is 5.52. The van der Waals surface area contributed by atoms with Crippen LogP contribution in [0, 0.1) is 0 Å².